The summed E-state index contributed by atoms with van der Waals surface area (Å²) in [5.41, 5.74) is 0.436. The molecule has 5 heteroatoms. The van der Waals surface area contributed by atoms with E-state index in [1.54, 1.807) is 0 Å². The molecule has 0 spiro atoms. The summed E-state index contributed by atoms with van der Waals surface area (Å²) in [5, 5.41) is 10.1. The molecule has 1 aromatic heterocycles. The smallest absolute Gasteiger partial charge is 0.228 e. The summed E-state index contributed by atoms with van der Waals surface area (Å²) in [6.07, 6.45) is 7.72. The molecule has 21 heavy (non-hydrogen) atoms. The Hall–Kier alpha value is -0.710. The second-order valence-electron chi connectivity index (χ2n) is 7.59. The quantitative estimate of drug-likeness (QED) is 0.584. The van der Waals surface area contributed by atoms with Crippen molar-refractivity contribution >= 4 is 17.7 Å². The highest BCUT2D eigenvalue weighted by Crippen LogP contribution is 2.41. The van der Waals surface area contributed by atoms with E-state index in [0.717, 1.165) is 29.9 Å². The van der Waals surface area contributed by atoms with Crippen LogP contribution in [0, 0.1) is 5.41 Å². The van der Waals surface area contributed by atoms with Gasteiger partial charge in [-0.15, -0.1) is 10.2 Å². The van der Waals surface area contributed by atoms with Gasteiger partial charge in [-0.25, -0.2) is 0 Å². The van der Waals surface area contributed by atoms with Gasteiger partial charge in [0, 0.05) is 24.9 Å². The molecule has 2 heterocycles. The fourth-order valence-electron chi connectivity index (χ4n) is 2.92. The van der Waals surface area contributed by atoms with Crippen LogP contribution in [0.25, 0.3) is 0 Å². The van der Waals surface area contributed by atoms with E-state index in [2.05, 4.69) is 40.4 Å². The van der Waals surface area contributed by atoms with Crippen molar-refractivity contribution in [1.29, 1.82) is 0 Å². The van der Waals surface area contributed by atoms with Crippen LogP contribution < -0.4 is 4.90 Å². The second-order valence-corrected chi connectivity index (χ2v) is 8.65. The topological polar surface area (TPSA) is 34.0 Å². The summed E-state index contributed by atoms with van der Waals surface area (Å²) in [6.45, 7) is 9.25. The van der Waals surface area contributed by atoms with Crippen LogP contribution in [0.4, 0.5) is 5.95 Å². The lowest BCUT2D eigenvalue weighted by molar-refractivity contribution is 0.374. The molecule has 1 aliphatic carbocycles. The van der Waals surface area contributed by atoms with E-state index in [1.807, 2.05) is 11.8 Å². The van der Waals surface area contributed by atoms with Crippen molar-refractivity contribution in [3.63, 3.8) is 0 Å². The first-order valence-electron chi connectivity index (χ1n) is 8.37. The molecule has 0 unspecified atom stereocenters. The molecule has 2 aliphatic rings. The van der Waals surface area contributed by atoms with E-state index >= 15 is 0 Å². The second kappa shape index (κ2) is 6.19. The number of aromatic nitrogens is 3. The molecule has 0 amide bonds. The van der Waals surface area contributed by atoms with Crippen LogP contribution in [0.1, 0.15) is 65.3 Å². The molecule has 3 rings (SSSR count). The van der Waals surface area contributed by atoms with Gasteiger partial charge in [-0.05, 0) is 43.9 Å². The van der Waals surface area contributed by atoms with Crippen molar-refractivity contribution in [2.75, 3.05) is 23.7 Å². The number of nitrogens with zero attached hydrogens (tertiary/aromatic N) is 4. The van der Waals surface area contributed by atoms with Gasteiger partial charge >= 0.3 is 0 Å². The lowest BCUT2D eigenvalue weighted by Gasteiger charge is -2.18. The lowest BCUT2D eigenvalue weighted by atomic mass is 9.91. The standard InChI is InChI=1S/C16H28N4S/c1-16(2,3)9-6-12-21-15-18-17-14(19-10-4-5-11-19)20(15)13-7-8-13/h13H,4-12H2,1-3H3. The Morgan fingerprint density at radius 2 is 1.86 bits per heavy atom. The largest absolute Gasteiger partial charge is 0.341 e. The third-order valence-electron chi connectivity index (χ3n) is 4.25. The summed E-state index contributed by atoms with van der Waals surface area (Å²) >= 11 is 1.90. The molecule has 0 radical (unpaired) electrons. The third kappa shape index (κ3) is 3.93. The van der Waals surface area contributed by atoms with Crippen LogP contribution in [0.5, 0.6) is 0 Å². The van der Waals surface area contributed by atoms with Crippen LogP contribution in [0.15, 0.2) is 5.16 Å². The Bertz CT molecular complexity index is 467. The van der Waals surface area contributed by atoms with Gasteiger partial charge in [-0.3, -0.25) is 4.57 Å². The molecule has 4 nitrogen and oxygen atoms in total. The van der Waals surface area contributed by atoms with E-state index in [0.29, 0.717) is 11.5 Å². The SMILES string of the molecule is CC(C)(C)CCCSc1nnc(N2CCCC2)n1C1CC1. The van der Waals surface area contributed by atoms with Crippen molar-refractivity contribution < 1.29 is 0 Å². The lowest BCUT2D eigenvalue weighted by Crippen LogP contribution is -2.22. The van der Waals surface area contributed by atoms with Gasteiger partial charge in [0.1, 0.15) is 0 Å². The minimum atomic E-state index is 0.436. The van der Waals surface area contributed by atoms with Gasteiger partial charge in [0.15, 0.2) is 5.16 Å². The average molecular weight is 308 g/mol. The van der Waals surface area contributed by atoms with Crippen molar-refractivity contribution in [2.24, 2.45) is 5.41 Å². The molecule has 1 saturated carbocycles. The number of anilines is 1. The molecule has 2 fully saturated rings. The maximum Gasteiger partial charge on any atom is 0.228 e. The molecule has 118 valence electrons. The van der Waals surface area contributed by atoms with Crippen LogP contribution in [0.3, 0.4) is 0 Å². The summed E-state index contributed by atoms with van der Waals surface area (Å²) in [6, 6.07) is 0.667. The van der Waals surface area contributed by atoms with E-state index in [-0.39, 0.29) is 0 Å². The molecular weight excluding hydrogens is 280 g/mol. The fourth-order valence-corrected chi connectivity index (χ4v) is 3.86. The first-order valence-corrected chi connectivity index (χ1v) is 9.36. The monoisotopic (exact) mass is 308 g/mol. The molecule has 0 aromatic carbocycles. The maximum atomic E-state index is 4.50. The van der Waals surface area contributed by atoms with Crippen molar-refractivity contribution in [1.82, 2.24) is 14.8 Å². The zero-order valence-electron chi connectivity index (χ0n) is 13.6. The minimum Gasteiger partial charge on any atom is -0.341 e. The minimum absolute atomic E-state index is 0.436. The highest BCUT2D eigenvalue weighted by atomic mass is 32.2. The highest BCUT2D eigenvalue weighted by molar-refractivity contribution is 7.99. The van der Waals surface area contributed by atoms with E-state index in [9.17, 15) is 0 Å². The zero-order chi connectivity index (χ0) is 14.9. The molecular formula is C16H28N4S. The van der Waals surface area contributed by atoms with E-state index in [4.69, 9.17) is 0 Å². The molecule has 0 atom stereocenters. The molecule has 0 bridgehead atoms. The first kappa shape index (κ1) is 15.2. The Kier molecular flexibility index (Phi) is 4.48. The number of rotatable bonds is 6. The Morgan fingerprint density at radius 3 is 2.48 bits per heavy atom. The fraction of sp³-hybridized carbons (Fsp3) is 0.875. The average Bonchev–Trinajstić information content (AvgIpc) is 2.96. The van der Waals surface area contributed by atoms with Gasteiger partial charge in [-0.1, -0.05) is 32.5 Å². The summed E-state index contributed by atoms with van der Waals surface area (Å²) in [5.74, 6) is 2.29. The number of hydrogen-bond acceptors (Lipinski definition) is 4. The van der Waals surface area contributed by atoms with Crippen molar-refractivity contribution in [2.45, 2.75) is 70.5 Å². The highest BCUT2D eigenvalue weighted by Gasteiger charge is 2.32. The van der Waals surface area contributed by atoms with Gasteiger partial charge in [0.25, 0.3) is 0 Å². The Morgan fingerprint density at radius 1 is 1.14 bits per heavy atom. The number of thioether (sulfide) groups is 1. The van der Waals surface area contributed by atoms with Gasteiger partial charge in [0.2, 0.25) is 5.95 Å². The van der Waals surface area contributed by atoms with E-state index < -0.39 is 0 Å². The summed E-state index contributed by atoms with van der Waals surface area (Å²) in [4.78, 5) is 2.42. The Balaban J connectivity index is 1.62. The molecule has 1 aromatic rings. The number of hydrogen-bond donors (Lipinski definition) is 0. The predicted molar refractivity (Wildman–Crippen MR) is 89.2 cm³/mol. The van der Waals surface area contributed by atoms with Crippen LogP contribution in [-0.4, -0.2) is 33.6 Å². The molecule has 1 aliphatic heterocycles. The normalized spacial score (nSPS) is 19.5. The molecule has 0 N–H and O–H groups in total. The predicted octanol–water partition coefficient (Wildman–Crippen LogP) is 4.13. The maximum absolute atomic E-state index is 4.50. The van der Waals surface area contributed by atoms with Crippen molar-refractivity contribution in [3.05, 3.63) is 0 Å². The van der Waals surface area contributed by atoms with Crippen molar-refractivity contribution in [3.8, 4) is 0 Å². The Labute approximate surface area is 132 Å². The third-order valence-corrected chi connectivity index (χ3v) is 5.28. The molecule has 1 saturated heterocycles. The van der Waals surface area contributed by atoms with Crippen LogP contribution in [0.2, 0.25) is 0 Å². The van der Waals surface area contributed by atoms with Gasteiger partial charge < -0.3 is 4.90 Å². The van der Waals surface area contributed by atoms with Crippen LogP contribution >= 0.6 is 11.8 Å². The first-order chi connectivity index (χ1) is 10.0. The summed E-state index contributed by atoms with van der Waals surface area (Å²) < 4.78 is 2.42. The van der Waals surface area contributed by atoms with Gasteiger partial charge in [0.05, 0.1) is 0 Å². The zero-order valence-corrected chi connectivity index (χ0v) is 14.5. The van der Waals surface area contributed by atoms with Crippen LogP contribution in [-0.2, 0) is 0 Å². The van der Waals surface area contributed by atoms with E-state index in [1.165, 1.54) is 38.5 Å². The van der Waals surface area contributed by atoms with Gasteiger partial charge in [-0.2, -0.15) is 0 Å². The summed E-state index contributed by atoms with van der Waals surface area (Å²) in [7, 11) is 0.